The highest BCUT2D eigenvalue weighted by atomic mass is 35.5. The fourth-order valence-corrected chi connectivity index (χ4v) is 4.57. The fraction of sp³-hybridized carbons (Fsp3) is 0.211. The standard InChI is InChI=1S/C19H14Cl3NO2/c20-13-6-2-5-12(16(13)22)17-10-4-1-3-9(10)15-11(19(24)25)7-8-14(21)18(15)23-17/h1-3,5-10,17,23H,4H2,(H,24,25)/t9-,10-,17-/m1/s1. The lowest BCUT2D eigenvalue weighted by atomic mass is 9.75. The molecule has 1 aliphatic heterocycles. The van der Waals surface area contributed by atoms with E-state index < -0.39 is 5.97 Å². The lowest BCUT2D eigenvalue weighted by molar-refractivity contribution is 0.0695. The highest BCUT2D eigenvalue weighted by molar-refractivity contribution is 6.42. The first-order valence-electron chi connectivity index (χ1n) is 7.92. The molecule has 2 N–H and O–H groups in total. The van der Waals surface area contributed by atoms with Crippen molar-refractivity contribution in [2.45, 2.75) is 18.4 Å². The monoisotopic (exact) mass is 393 g/mol. The summed E-state index contributed by atoms with van der Waals surface area (Å²) in [7, 11) is 0. The number of nitrogens with one attached hydrogen (secondary N) is 1. The predicted molar refractivity (Wildman–Crippen MR) is 101 cm³/mol. The highest BCUT2D eigenvalue weighted by Gasteiger charge is 2.41. The SMILES string of the molecule is O=C(O)c1ccc(Cl)c2c1[C@@H]1C=CC[C@H]1[C@H](c1cccc(Cl)c1Cl)N2. The van der Waals surface area contributed by atoms with Gasteiger partial charge in [-0.3, -0.25) is 0 Å². The van der Waals surface area contributed by atoms with Crippen molar-refractivity contribution in [2.75, 3.05) is 5.32 Å². The number of carboxylic acid groups (broad SMARTS) is 1. The summed E-state index contributed by atoms with van der Waals surface area (Å²) < 4.78 is 0. The molecule has 0 radical (unpaired) electrons. The Kier molecular flexibility index (Phi) is 4.19. The lowest BCUT2D eigenvalue weighted by Gasteiger charge is -2.39. The first-order valence-corrected chi connectivity index (χ1v) is 9.05. The van der Waals surface area contributed by atoms with E-state index in [-0.39, 0.29) is 23.4 Å². The molecule has 0 aromatic heterocycles. The van der Waals surface area contributed by atoms with Crippen molar-refractivity contribution in [1.29, 1.82) is 0 Å². The quantitative estimate of drug-likeness (QED) is 0.599. The van der Waals surface area contributed by atoms with Gasteiger partial charge in [-0.25, -0.2) is 4.79 Å². The van der Waals surface area contributed by atoms with Crippen LogP contribution in [0.5, 0.6) is 0 Å². The van der Waals surface area contributed by atoms with Gasteiger partial charge < -0.3 is 10.4 Å². The Labute approximate surface area is 160 Å². The molecule has 3 atom stereocenters. The second kappa shape index (κ2) is 6.24. The van der Waals surface area contributed by atoms with Crippen molar-refractivity contribution in [3.63, 3.8) is 0 Å². The average Bonchev–Trinajstić information content (AvgIpc) is 3.07. The van der Waals surface area contributed by atoms with E-state index in [1.54, 1.807) is 18.2 Å². The number of anilines is 1. The van der Waals surface area contributed by atoms with Crippen LogP contribution < -0.4 is 5.32 Å². The zero-order chi connectivity index (χ0) is 17.7. The maximum absolute atomic E-state index is 11.7. The van der Waals surface area contributed by atoms with E-state index in [4.69, 9.17) is 34.8 Å². The summed E-state index contributed by atoms with van der Waals surface area (Å²) in [6.07, 6.45) is 4.98. The van der Waals surface area contributed by atoms with Crippen molar-refractivity contribution >= 4 is 46.5 Å². The Balaban J connectivity index is 1.90. The number of halogens is 3. The molecule has 128 valence electrons. The third-order valence-corrected chi connectivity index (χ3v) is 6.16. The number of rotatable bonds is 2. The van der Waals surface area contributed by atoms with Gasteiger partial charge in [-0.15, -0.1) is 0 Å². The minimum atomic E-state index is -0.951. The highest BCUT2D eigenvalue weighted by Crippen LogP contribution is 2.53. The first-order chi connectivity index (χ1) is 12.0. The third-order valence-electron chi connectivity index (χ3n) is 5.02. The summed E-state index contributed by atoms with van der Waals surface area (Å²) in [6.45, 7) is 0. The average molecular weight is 395 g/mol. The van der Waals surface area contributed by atoms with Gasteiger partial charge in [-0.05, 0) is 41.7 Å². The van der Waals surface area contributed by atoms with Crippen LogP contribution >= 0.6 is 34.8 Å². The number of benzene rings is 2. The van der Waals surface area contributed by atoms with E-state index in [2.05, 4.69) is 17.5 Å². The molecule has 3 nitrogen and oxygen atoms in total. The van der Waals surface area contributed by atoms with Crippen molar-refractivity contribution in [3.05, 3.63) is 74.2 Å². The Morgan fingerprint density at radius 3 is 2.68 bits per heavy atom. The van der Waals surface area contributed by atoms with E-state index in [1.165, 1.54) is 0 Å². The molecule has 1 heterocycles. The fourth-order valence-electron chi connectivity index (χ4n) is 3.93. The number of hydrogen-bond acceptors (Lipinski definition) is 2. The van der Waals surface area contributed by atoms with E-state index in [0.29, 0.717) is 20.8 Å². The molecule has 0 unspecified atom stereocenters. The molecule has 2 aliphatic rings. The van der Waals surface area contributed by atoms with Crippen molar-refractivity contribution < 1.29 is 9.90 Å². The maximum atomic E-state index is 11.7. The van der Waals surface area contributed by atoms with Crippen molar-refractivity contribution in [2.24, 2.45) is 5.92 Å². The lowest BCUT2D eigenvalue weighted by Crippen LogP contribution is -2.31. The Morgan fingerprint density at radius 2 is 1.92 bits per heavy atom. The van der Waals surface area contributed by atoms with Gasteiger partial charge in [0.15, 0.2) is 0 Å². The maximum Gasteiger partial charge on any atom is 0.336 e. The van der Waals surface area contributed by atoms with Crippen LogP contribution in [0, 0.1) is 5.92 Å². The number of carboxylic acids is 1. The van der Waals surface area contributed by atoms with E-state index >= 15 is 0 Å². The minimum absolute atomic E-state index is 0.0268. The Hall–Kier alpha value is -1.68. The zero-order valence-electron chi connectivity index (χ0n) is 13.0. The second-order valence-corrected chi connectivity index (χ2v) is 7.50. The smallest absolute Gasteiger partial charge is 0.336 e. The molecule has 0 bridgehead atoms. The van der Waals surface area contributed by atoms with Gasteiger partial charge in [0.2, 0.25) is 0 Å². The molecule has 0 spiro atoms. The zero-order valence-corrected chi connectivity index (χ0v) is 15.2. The van der Waals surface area contributed by atoms with Crippen LogP contribution in [-0.2, 0) is 0 Å². The molecule has 0 fully saturated rings. The number of aromatic carboxylic acids is 1. The van der Waals surface area contributed by atoms with Crippen molar-refractivity contribution in [3.8, 4) is 0 Å². The van der Waals surface area contributed by atoms with Crippen LogP contribution in [0.1, 0.15) is 39.9 Å². The van der Waals surface area contributed by atoms with E-state index in [9.17, 15) is 9.90 Å². The molecular weight excluding hydrogens is 381 g/mol. The predicted octanol–water partition coefficient (Wildman–Crippen LogP) is 6.17. The molecular formula is C19H14Cl3NO2. The molecule has 4 rings (SSSR count). The van der Waals surface area contributed by atoms with E-state index in [0.717, 1.165) is 17.5 Å². The van der Waals surface area contributed by atoms with Crippen LogP contribution in [0.15, 0.2) is 42.5 Å². The molecule has 1 aliphatic carbocycles. The normalized spacial score (nSPS) is 23.7. The topological polar surface area (TPSA) is 49.3 Å². The van der Waals surface area contributed by atoms with Crippen LogP contribution in [0.3, 0.4) is 0 Å². The molecule has 0 saturated carbocycles. The molecule has 0 amide bonds. The minimum Gasteiger partial charge on any atom is -0.478 e. The Bertz CT molecular complexity index is 910. The molecule has 2 aromatic carbocycles. The van der Waals surface area contributed by atoms with Gasteiger partial charge in [0.25, 0.3) is 0 Å². The number of fused-ring (bicyclic) bond motifs is 3. The van der Waals surface area contributed by atoms with Gasteiger partial charge >= 0.3 is 5.97 Å². The number of hydrogen-bond donors (Lipinski definition) is 2. The summed E-state index contributed by atoms with van der Waals surface area (Å²) >= 11 is 19.0. The van der Waals surface area contributed by atoms with Gasteiger partial charge in [0.1, 0.15) is 0 Å². The van der Waals surface area contributed by atoms with Crippen LogP contribution in [0.2, 0.25) is 15.1 Å². The third kappa shape index (κ3) is 2.62. The van der Waals surface area contributed by atoms with E-state index in [1.807, 2.05) is 12.1 Å². The Morgan fingerprint density at radius 1 is 1.12 bits per heavy atom. The second-order valence-electron chi connectivity index (χ2n) is 6.31. The molecule has 6 heteroatoms. The van der Waals surface area contributed by atoms with Crippen molar-refractivity contribution in [1.82, 2.24) is 0 Å². The first kappa shape index (κ1) is 16.8. The summed E-state index contributed by atoms with van der Waals surface area (Å²) in [6, 6.07) is 8.66. The molecule has 2 aromatic rings. The largest absolute Gasteiger partial charge is 0.478 e. The summed E-state index contributed by atoms with van der Waals surface area (Å²) in [4.78, 5) is 11.7. The summed E-state index contributed by atoms with van der Waals surface area (Å²) in [5, 5.41) is 14.5. The molecule has 0 saturated heterocycles. The number of allylic oxidation sites excluding steroid dienone is 2. The van der Waals surface area contributed by atoms with Gasteiger partial charge in [-0.1, -0.05) is 59.1 Å². The summed E-state index contributed by atoms with van der Waals surface area (Å²) in [5.41, 5.74) is 2.59. The number of carbonyl (C=O) groups is 1. The summed E-state index contributed by atoms with van der Waals surface area (Å²) in [5.74, 6) is -0.825. The van der Waals surface area contributed by atoms with Gasteiger partial charge in [0, 0.05) is 5.92 Å². The van der Waals surface area contributed by atoms with Gasteiger partial charge in [-0.2, -0.15) is 0 Å². The molecule has 25 heavy (non-hydrogen) atoms. The van der Waals surface area contributed by atoms with Crippen LogP contribution in [-0.4, -0.2) is 11.1 Å². The van der Waals surface area contributed by atoms with Crippen LogP contribution in [0.4, 0.5) is 5.69 Å². The van der Waals surface area contributed by atoms with Gasteiger partial charge in [0.05, 0.1) is 32.4 Å². The van der Waals surface area contributed by atoms with Crippen LogP contribution in [0.25, 0.3) is 0 Å².